The fraction of sp³-hybridized carbons (Fsp3) is 0.372. The highest BCUT2D eigenvalue weighted by atomic mass is 35.5. The van der Waals surface area contributed by atoms with E-state index in [0.717, 1.165) is 26.1 Å². The fourth-order valence-corrected chi connectivity index (χ4v) is 7.82. The number of morpholine rings is 1. The quantitative estimate of drug-likeness (QED) is 0.0618. The first-order valence-electron chi connectivity index (χ1n) is 21.1. The van der Waals surface area contributed by atoms with Crippen molar-refractivity contribution < 1.29 is 28.6 Å². The van der Waals surface area contributed by atoms with Crippen molar-refractivity contribution in [1.29, 1.82) is 0 Å². The average Bonchev–Trinajstić information content (AvgIpc) is 4.14. The van der Waals surface area contributed by atoms with E-state index >= 15 is 0 Å². The van der Waals surface area contributed by atoms with Crippen molar-refractivity contribution >= 4 is 88.9 Å². The number of aromatic amines is 1. The van der Waals surface area contributed by atoms with Gasteiger partial charge in [0.05, 0.1) is 49.4 Å². The number of amides is 3. The fourth-order valence-electron chi connectivity index (χ4n) is 7.82. The van der Waals surface area contributed by atoms with Gasteiger partial charge in [0, 0.05) is 56.9 Å². The van der Waals surface area contributed by atoms with Gasteiger partial charge >= 0.3 is 0 Å². The Morgan fingerprint density at radius 1 is 0.806 bits per heavy atom. The van der Waals surface area contributed by atoms with Crippen LogP contribution in [0, 0.1) is 13.8 Å². The molecular weight excluding hydrogens is 929 g/mol. The van der Waals surface area contributed by atoms with E-state index in [1.165, 1.54) is 6.33 Å². The molecule has 1 aliphatic heterocycles. The van der Waals surface area contributed by atoms with E-state index in [-0.39, 0.29) is 73.7 Å². The van der Waals surface area contributed by atoms with Crippen molar-refractivity contribution in [3.8, 4) is 22.9 Å². The molecule has 0 aliphatic carbocycles. The summed E-state index contributed by atoms with van der Waals surface area (Å²) in [5.41, 5.74) is 11.0. The molecule has 24 heteroatoms. The number of carbonyl (C=O) groups is 3. The van der Waals surface area contributed by atoms with Crippen LogP contribution in [0.3, 0.4) is 0 Å². The van der Waals surface area contributed by atoms with E-state index < -0.39 is 11.8 Å². The van der Waals surface area contributed by atoms with Gasteiger partial charge in [0.1, 0.15) is 40.2 Å². The van der Waals surface area contributed by atoms with Gasteiger partial charge in [-0.15, -0.1) is 37.2 Å². The number of benzene rings is 2. The number of carbonyl (C=O) groups excluding carboxylic acids is 3. The van der Waals surface area contributed by atoms with Gasteiger partial charge in [-0.3, -0.25) is 44.4 Å². The molecule has 1 saturated heterocycles. The molecule has 0 unspecified atom stereocenters. The summed E-state index contributed by atoms with van der Waals surface area (Å²) in [6.45, 7) is 13.2. The third-order valence-electron chi connectivity index (χ3n) is 10.8. The second-order valence-corrected chi connectivity index (χ2v) is 15.2. The Bertz CT molecular complexity index is 2860. The lowest BCUT2D eigenvalue weighted by Gasteiger charge is -2.26. The molecule has 1 fully saturated rings. The van der Waals surface area contributed by atoms with Crippen LogP contribution < -0.4 is 25.8 Å². The van der Waals surface area contributed by atoms with Gasteiger partial charge in [0.25, 0.3) is 11.8 Å². The number of nitrogens with zero attached hydrogens (tertiary/aromatic N) is 11. The minimum atomic E-state index is -0.643. The molecule has 0 bridgehead atoms. The number of allylic oxidation sites excluding steroid dienone is 2. The maximum atomic E-state index is 13.9. The number of imidazole rings is 2. The van der Waals surface area contributed by atoms with Gasteiger partial charge in [-0.1, -0.05) is 12.2 Å². The Kier molecular flexibility index (Phi) is 17.5. The number of hydrogen-bond donors (Lipinski definition) is 4. The van der Waals surface area contributed by atoms with E-state index in [2.05, 4.69) is 40.9 Å². The third-order valence-corrected chi connectivity index (χ3v) is 10.8. The molecule has 5 N–H and O–H groups in total. The van der Waals surface area contributed by atoms with E-state index in [0.29, 0.717) is 101 Å². The topological polar surface area (TPSA) is 245 Å². The molecule has 0 atom stereocenters. The summed E-state index contributed by atoms with van der Waals surface area (Å²) < 4.78 is 24.7. The number of nitrogens with two attached hydrogens (primary N) is 1. The lowest BCUT2D eigenvalue weighted by atomic mass is 10.1. The van der Waals surface area contributed by atoms with Crippen LogP contribution in [-0.2, 0) is 30.9 Å². The molecule has 0 radical (unpaired) electrons. The molecular formula is C43H54Cl3N15O6. The summed E-state index contributed by atoms with van der Waals surface area (Å²) in [5, 5.41) is 21.8. The Morgan fingerprint density at radius 2 is 1.37 bits per heavy atom. The van der Waals surface area contributed by atoms with Crippen LogP contribution in [0.2, 0.25) is 0 Å². The number of anilines is 2. The van der Waals surface area contributed by atoms with Crippen LogP contribution in [0.4, 0.5) is 11.9 Å². The summed E-state index contributed by atoms with van der Waals surface area (Å²) in [5.74, 6) is 0.469. The lowest BCUT2D eigenvalue weighted by Crippen LogP contribution is -2.37. The van der Waals surface area contributed by atoms with E-state index in [4.69, 9.17) is 29.9 Å². The number of fused-ring (bicyclic) bond motifs is 2. The number of aryl methyl sites for hydroxylation is 4. The second-order valence-electron chi connectivity index (χ2n) is 15.2. The number of aromatic nitrogens is 11. The zero-order valence-electron chi connectivity index (χ0n) is 37.6. The smallest absolute Gasteiger partial charge is 0.276 e. The zero-order chi connectivity index (χ0) is 44.9. The van der Waals surface area contributed by atoms with Crippen LogP contribution in [0.1, 0.15) is 63.0 Å². The van der Waals surface area contributed by atoms with E-state index in [9.17, 15) is 14.4 Å². The van der Waals surface area contributed by atoms with Gasteiger partial charge in [-0.05, 0) is 70.5 Å². The van der Waals surface area contributed by atoms with E-state index in [1.807, 2.05) is 61.1 Å². The standard InChI is InChI=1S/C43H51N15O6.3ClH/c1-6-57-32(19-26(3)52-57)40(60)49-42-48-31-22-29(39-45-25-46-51-39)24-34(62-5)36(31)55(42)12-8-9-13-56-37-30(47-43(56)50-41(61)33-20-27(4)53-58(33)7-2)21-28(38(44)59)23-35(37)64-16-10-11-54-14-17-63-18-15-54;;;/h8-9,19-25H,6-7,10-18H2,1-5H3,(H2,44,59)(H,45,46,51)(H,47,50,61)(H,48,49,60);3*1H/b9-8+;;;. The van der Waals surface area contributed by atoms with Crippen LogP contribution in [-0.4, -0.2) is 123 Å². The molecule has 67 heavy (non-hydrogen) atoms. The number of ether oxygens (including phenoxy) is 3. The Balaban J connectivity index is 0.00000280. The molecule has 6 heterocycles. The predicted octanol–water partition coefficient (Wildman–Crippen LogP) is 5.46. The highest BCUT2D eigenvalue weighted by Crippen LogP contribution is 2.35. The highest BCUT2D eigenvalue weighted by molar-refractivity contribution is 6.05. The van der Waals surface area contributed by atoms with Crippen molar-refractivity contribution in [1.82, 2.24) is 58.7 Å². The Morgan fingerprint density at radius 3 is 1.90 bits per heavy atom. The first kappa shape index (κ1) is 51.5. The molecule has 3 amide bonds. The normalized spacial score (nSPS) is 12.7. The summed E-state index contributed by atoms with van der Waals surface area (Å²) in [6.07, 6.45) is 5.96. The number of primary amides is 1. The van der Waals surface area contributed by atoms with Crippen molar-refractivity contribution in [2.45, 2.75) is 60.3 Å². The molecule has 8 rings (SSSR count). The van der Waals surface area contributed by atoms with Crippen molar-refractivity contribution in [3.05, 3.63) is 83.2 Å². The minimum Gasteiger partial charge on any atom is -0.494 e. The molecule has 5 aromatic heterocycles. The SMILES string of the molecule is CCn1nc(C)cc1C(=O)Nc1nc2cc(-c3ncn[nH]3)cc(OC)c2n1C/C=C/Cn1c(NC(=O)c2cc(C)nn2CC)nc2cc(C(N)=O)cc(OCCCN3CCOCC3)c21.Cl.Cl.Cl. The van der Waals surface area contributed by atoms with Gasteiger partial charge in [0.15, 0.2) is 5.82 Å². The molecule has 1 aliphatic rings. The first-order valence-corrected chi connectivity index (χ1v) is 21.1. The number of methoxy groups -OCH3 is 1. The van der Waals surface area contributed by atoms with Crippen LogP contribution in [0.5, 0.6) is 11.5 Å². The molecule has 0 spiro atoms. The zero-order valence-corrected chi connectivity index (χ0v) is 40.1. The monoisotopic (exact) mass is 981 g/mol. The predicted molar refractivity (Wildman–Crippen MR) is 259 cm³/mol. The highest BCUT2D eigenvalue weighted by Gasteiger charge is 2.24. The number of nitrogens with one attached hydrogen (secondary N) is 3. The Labute approximate surface area is 404 Å². The minimum absolute atomic E-state index is 0. The number of rotatable bonds is 18. The largest absolute Gasteiger partial charge is 0.494 e. The van der Waals surface area contributed by atoms with Crippen LogP contribution in [0.25, 0.3) is 33.5 Å². The summed E-state index contributed by atoms with van der Waals surface area (Å²) in [7, 11) is 1.56. The van der Waals surface area contributed by atoms with Crippen LogP contribution >= 0.6 is 37.2 Å². The van der Waals surface area contributed by atoms with Crippen LogP contribution in [0.15, 0.2) is 54.9 Å². The molecule has 2 aromatic carbocycles. The molecule has 7 aromatic rings. The van der Waals surface area contributed by atoms with Crippen molar-refractivity contribution in [2.24, 2.45) is 5.73 Å². The molecule has 358 valence electrons. The molecule has 21 nitrogen and oxygen atoms in total. The maximum Gasteiger partial charge on any atom is 0.276 e. The van der Waals surface area contributed by atoms with Gasteiger partial charge in [-0.2, -0.15) is 15.3 Å². The average molecular weight is 983 g/mol. The third kappa shape index (κ3) is 11.2. The summed E-state index contributed by atoms with van der Waals surface area (Å²) >= 11 is 0. The van der Waals surface area contributed by atoms with Gasteiger partial charge in [-0.25, -0.2) is 15.0 Å². The summed E-state index contributed by atoms with van der Waals surface area (Å²) in [4.78, 5) is 56.6. The number of halogens is 3. The van der Waals surface area contributed by atoms with Crippen molar-refractivity contribution in [2.75, 3.05) is 57.2 Å². The maximum absolute atomic E-state index is 13.9. The lowest BCUT2D eigenvalue weighted by molar-refractivity contribution is 0.0358. The first-order chi connectivity index (χ1) is 31.0. The van der Waals surface area contributed by atoms with E-state index in [1.54, 1.807) is 40.7 Å². The summed E-state index contributed by atoms with van der Waals surface area (Å²) in [6, 6.07) is 10.3. The molecule has 0 saturated carbocycles. The van der Waals surface area contributed by atoms with Gasteiger partial charge in [0.2, 0.25) is 17.8 Å². The Hall–Kier alpha value is -6.52. The number of hydrogen-bond acceptors (Lipinski definition) is 13. The van der Waals surface area contributed by atoms with Crippen molar-refractivity contribution in [3.63, 3.8) is 0 Å². The number of H-pyrrole nitrogens is 1. The second kappa shape index (κ2) is 22.8. The van der Waals surface area contributed by atoms with Gasteiger partial charge < -0.3 is 29.1 Å².